The summed E-state index contributed by atoms with van der Waals surface area (Å²) in [7, 11) is 0. The molecular weight excluding hydrogens is 328 g/mol. The summed E-state index contributed by atoms with van der Waals surface area (Å²) in [5, 5.41) is 0. The van der Waals surface area contributed by atoms with Gasteiger partial charge < -0.3 is 14.4 Å². The Bertz CT molecular complexity index is 609. The Balaban J connectivity index is 2.06. The number of rotatable bonds is 9. The molecule has 1 aromatic carbocycles. The minimum absolute atomic E-state index is 0.0810. The summed E-state index contributed by atoms with van der Waals surface area (Å²) in [5.41, 5.74) is 0.836. The maximum atomic E-state index is 12.8. The molecule has 0 radical (unpaired) electrons. The van der Waals surface area contributed by atoms with Crippen LogP contribution in [0, 0.1) is 0 Å². The highest BCUT2D eigenvalue weighted by atomic mass is 16.6. The predicted octanol–water partition coefficient (Wildman–Crippen LogP) is 4.22. The second-order valence-electron chi connectivity index (χ2n) is 6.05. The smallest absolute Gasteiger partial charge is 0.414 e. The van der Waals surface area contributed by atoms with Crippen LogP contribution >= 0.6 is 0 Å². The number of hydrogen-bond donors (Lipinski definition) is 0. The SMILES string of the molecule is CCOC1=CCC(N(C(=O)OCCN(CC)CC)c2ccccc2)C=C1. The van der Waals surface area contributed by atoms with E-state index in [1.54, 1.807) is 4.90 Å². The van der Waals surface area contributed by atoms with Crippen molar-refractivity contribution in [2.45, 2.75) is 33.2 Å². The van der Waals surface area contributed by atoms with Crippen molar-refractivity contribution in [3.05, 3.63) is 54.3 Å². The third-order valence-electron chi connectivity index (χ3n) is 4.44. The second kappa shape index (κ2) is 10.7. The van der Waals surface area contributed by atoms with Gasteiger partial charge in [0, 0.05) is 12.2 Å². The second-order valence-corrected chi connectivity index (χ2v) is 6.05. The molecule has 1 amide bonds. The molecule has 26 heavy (non-hydrogen) atoms. The minimum atomic E-state index is -0.314. The first kappa shape index (κ1) is 20.0. The Morgan fingerprint density at radius 1 is 1.15 bits per heavy atom. The van der Waals surface area contributed by atoms with Gasteiger partial charge in [0.2, 0.25) is 0 Å². The summed E-state index contributed by atoms with van der Waals surface area (Å²) in [5.74, 6) is 0.853. The van der Waals surface area contributed by atoms with E-state index in [1.807, 2.05) is 55.5 Å². The number of anilines is 1. The highest BCUT2D eigenvalue weighted by molar-refractivity contribution is 5.88. The molecule has 0 spiro atoms. The van der Waals surface area contributed by atoms with Crippen LogP contribution in [0.15, 0.2) is 54.3 Å². The predicted molar refractivity (Wildman–Crippen MR) is 105 cm³/mol. The molecule has 1 atom stereocenters. The molecule has 0 saturated heterocycles. The standard InChI is InChI=1S/C21H30N2O3/c1-4-22(5-2)16-17-26-21(24)23(18-10-8-7-9-11-18)19-12-14-20(15-13-19)25-6-3/h7-12,14-15,19H,4-6,13,16-17H2,1-3H3. The van der Waals surface area contributed by atoms with Gasteiger partial charge in [-0.2, -0.15) is 0 Å². The van der Waals surface area contributed by atoms with E-state index in [0.717, 1.165) is 31.1 Å². The third-order valence-corrected chi connectivity index (χ3v) is 4.44. The van der Waals surface area contributed by atoms with E-state index in [1.165, 1.54) is 0 Å². The molecule has 0 saturated carbocycles. The minimum Gasteiger partial charge on any atom is -0.494 e. The van der Waals surface area contributed by atoms with Gasteiger partial charge >= 0.3 is 6.09 Å². The number of amides is 1. The van der Waals surface area contributed by atoms with E-state index in [-0.39, 0.29) is 12.1 Å². The number of likely N-dealkylation sites (N-methyl/N-ethyl adjacent to an activating group) is 1. The fraction of sp³-hybridized carbons (Fsp3) is 0.476. The van der Waals surface area contributed by atoms with Gasteiger partial charge in [-0.25, -0.2) is 4.79 Å². The van der Waals surface area contributed by atoms with E-state index >= 15 is 0 Å². The molecule has 1 aliphatic rings. The van der Waals surface area contributed by atoms with Crippen LogP contribution in [0.25, 0.3) is 0 Å². The van der Waals surface area contributed by atoms with Crippen LogP contribution in [0.5, 0.6) is 0 Å². The number of carbonyl (C=O) groups is 1. The lowest BCUT2D eigenvalue weighted by molar-refractivity contribution is 0.134. The lowest BCUT2D eigenvalue weighted by atomic mass is 10.1. The maximum Gasteiger partial charge on any atom is 0.414 e. The number of carbonyl (C=O) groups excluding carboxylic acids is 1. The largest absolute Gasteiger partial charge is 0.494 e. The molecular formula is C21H30N2O3. The Kier molecular flexibility index (Phi) is 8.22. The topological polar surface area (TPSA) is 42.0 Å². The quantitative estimate of drug-likeness (QED) is 0.663. The van der Waals surface area contributed by atoms with E-state index in [2.05, 4.69) is 18.7 Å². The van der Waals surface area contributed by atoms with Crippen LogP contribution in [0.1, 0.15) is 27.2 Å². The van der Waals surface area contributed by atoms with Crippen LogP contribution in [-0.4, -0.2) is 49.9 Å². The zero-order chi connectivity index (χ0) is 18.8. The number of hydrogen-bond acceptors (Lipinski definition) is 4. The first-order valence-electron chi connectivity index (χ1n) is 9.44. The lowest BCUT2D eigenvalue weighted by Crippen LogP contribution is -2.41. The van der Waals surface area contributed by atoms with Gasteiger partial charge in [-0.1, -0.05) is 38.1 Å². The number of nitrogens with zero attached hydrogens (tertiary/aromatic N) is 2. The van der Waals surface area contributed by atoms with Crippen molar-refractivity contribution in [2.75, 3.05) is 37.7 Å². The zero-order valence-corrected chi connectivity index (χ0v) is 16.1. The number of para-hydroxylation sites is 1. The molecule has 0 fully saturated rings. The summed E-state index contributed by atoms with van der Waals surface area (Å²) >= 11 is 0. The molecule has 0 heterocycles. The van der Waals surface area contributed by atoms with Crippen LogP contribution in [-0.2, 0) is 9.47 Å². The number of ether oxygens (including phenoxy) is 2. The number of benzene rings is 1. The summed E-state index contributed by atoms with van der Waals surface area (Å²) in [6, 6.07) is 9.58. The van der Waals surface area contributed by atoms with Crippen molar-refractivity contribution in [3.63, 3.8) is 0 Å². The number of allylic oxidation sites excluding steroid dienone is 1. The third kappa shape index (κ3) is 5.63. The Hall–Kier alpha value is -2.27. The van der Waals surface area contributed by atoms with Crippen LogP contribution in [0.2, 0.25) is 0 Å². The highest BCUT2D eigenvalue weighted by Crippen LogP contribution is 2.24. The van der Waals surface area contributed by atoms with Crippen molar-refractivity contribution in [1.82, 2.24) is 4.90 Å². The molecule has 5 heteroatoms. The fourth-order valence-corrected chi connectivity index (χ4v) is 2.95. The summed E-state index contributed by atoms with van der Waals surface area (Å²) in [6.45, 7) is 9.85. The maximum absolute atomic E-state index is 12.8. The molecule has 1 unspecified atom stereocenters. The van der Waals surface area contributed by atoms with E-state index in [0.29, 0.717) is 19.6 Å². The van der Waals surface area contributed by atoms with E-state index < -0.39 is 0 Å². The molecule has 1 aromatic rings. The molecule has 2 rings (SSSR count). The fourth-order valence-electron chi connectivity index (χ4n) is 2.95. The van der Waals surface area contributed by atoms with Crippen LogP contribution in [0.3, 0.4) is 0 Å². The summed E-state index contributed by atoms with van der Waals surface area (Å²) in [4.78, 5) is 16.8. The van der Waals surface area contributed by atoms with Gasteiger partial charge in [0.1, 0.15) is 12.4 Å². The molecule has 0 bridgehead atoms. The summed E-state index contributed by atoms with van der Waals surface area (Å²) in [6.07, 6.45) is 6.34. The highest BCUT2D eigenvalue weighted by Gasteiger charge is 2.26. The molecule has 0 aromatic heterocycles. The van der Waals surface area contributed by atoms with Gasteiger partial charge in [-0.15, -0.1) is 0 Å². The summed E-state index contributed by atoms with van der Waals surface area (Å²) < 4.78 is 11.1. The Labute approximate surface area is 156 Å². The molecule has 0 N–H and O–H groups in total. The zero-order valence-electron chi connectivity index (χ0n) is 16.1. The van der Waals surface area contributed by atoms with Gasteiger partial charge in [-0.3, -0.25) is 4.90 Å². The Morgan fingerprint density at radius 3 is 2.46 bits per heavy atom. The lowest BCUT2D eigenvalue weighted by Gasteiger charge is -2.30. The first-order valence-corrected chi connectivity index (χ1v) is 9.44. The monoisotopic (exact) mass is 358 g/mol. The van der Waals surface area contributed by atoms with Crippen molar-refractivity contribution in [3.8, 4) is 0 Å². The van der Waals surface area contributed by atoms with Crippen molar-refractivity contribution >= 4 is 11.8 Å². The molecule has 142 valence electrons. The molecule has 1 aliphatic carbocycles. The first-order chi connectivity index (χ1) is 12.7. The van der Waals surface area contributed by atoms with Crippen LogP contribution in [0.4, 0.5) is 10.5 Å². The van der Waals surface area contributed by atoms with Crippen molar-refractivity contribution in [2.24, 2.45) is 0 Å². The average molecular weight is 358 g/mol. The van der Waals surface area contributed by atoms with Crippen LogP contribution < -0.4 is 4.90 Å². The van der Waals surface area contributed by atoms with E-state index in [9.17, 15) is 4.79 Å². The molecule has 5 nitrogen and oxygen atoms in total. The van der Waals surface area contributed by atoms with Gasteiger partial charge in [-0.05, 0) is 50.7 Å². The van der Waals surface area contributed by atoms with Gasteiger partial charge in [0.15, 0.2) is 0 Å². The van der Waals surface area contributed by atoms with Crippen molar-refractivity contribution < 1.29 is 14.3 Å². The normalized spacial score (nSPS) is 16.3. The van der Waals surface area contributed by atoms with Gasteiger partial charge in [0.25, 0.3) is 0 Å². The average Bonchev–Trinajstić information content (AvgIpc) is 2.68. The Morgan fingerprint density at radius 2 is 1.88 bits per heavy atom. The van der Waals surface area contributed by atoms with Crippen molar-refractivity contribution in [1.29, 1.82) is 0 Å². The van der Waals surface area contributed by atoms with Gasteiger partial charge in [0.05, 0.1) is 12.6 Å². The molecule has 0 aliphatic heterocycles. The van der Waals surface area contributed by atoms with E-state index in [4.69, 9.17) is 9.47 Å².